The molecule has 0 bridgehead atoms. The van der Waals surface area contributed by atoms with E-state index >= 15 is 0 Å². The van der Waals surface area contributed by atoms with Gasteiger partial charge in [0.2, 0.25) is 0 Å². The number of aliphatic imine (C=N–C) groups is 1. The molecule has 1 aromatic carbocycles. The van der Waals surface area contributed by atoms with Gasteiger partial charge in [-0.2, -0.15) is 0 Å². The molecule has 1 aromatic rings. The normalized spacial score (nSPS) is 27.4. The minimum atomic E-state index is -4.42. The van der Waals surface area contributed by atoms with E-state index in [4.69, 9.17) is 0 Å². The van der Waals surface area contributed by atoms with Crippen molar-refractivity contribution in [1.29, 1.82) is 0 Å². The van der Waals surface area contributed by atoms with Crippen molar-refractivity contribution in [3.63, 3.8) is 0 Å². The predicted octanol–water partition coefficient (Wildman–Crippen LogP) is 6.25. The second-order valence-electron chi connectivity index (χ2n) is 9.09. The molecule has 1 fully saturated rings. The number of hydrogen-bond acceptors (Lipinski definition) is 2. The Balaban J connectivity index is 1.80. The number of carbonyl (C=O) groups excluding carboxylic acids is 1. The minimum absolute atomic E-state index is 0.00766. The molecule has 0 aromatic heterocycles. The molecule has 8 heteroatoms. The molecule has 0 radical (unpaired) electrons. The van der Waals surface area contributed by atoms with Crippen LogP contribution in [0.25, 0.3) is 0 Å². The number of halogens is 5. The molecule has 3 rings (SSSR count). The number of hydrogen-bond donors (Lipinski definition) is 0. The van der Waals surface area contributed by atoms with Crippen LogP contribution in [0.5, 0.6) is 0 Å². The van der Waals surface area contributed by atoms with Crippen molar-refractivity contribution in [2.24, 2.45) is 10.4 Å². The molecule has 0 spiro atoms. The molecule has 2 aliphatic rings. The second kappa shape index (κ2) is 9.62. The van der Waals surface area contributed by atoms with Crippen LogP contribution in [0.4, 0.5) is 13.2 Å². The zero-order valence-electron chi connectivity index (χ0n) is 18.1. The van der Waals surface area contributed by atoms with E-state index < -0.39 is 48.6 Å². The van der Waals surface area contributed by atoms with Crippen molar-refractivity contribution in [3.05, 3.63) is 45.7 Å². The standard InChI is InChI=1S/C23H30F3I2N2O/c1-22(11-10-20(30(3,4)13-12-22)18-8-6-5-7-9-18)16-28(17-31)19-14-27(2)21(29-15-19)23(24,25)26/h5-9,14-15,17,20H,2,10-13,16H2,1,3-4H3/q+1/t20?,22-/m1/s1. The van der Waals surface area contributed by atoms with Gasteiger partial charge < -0.3 is 0 Å². The third kappa shape index (κ3) is 5.98. The summed E-state index contributed by atoms with van der Waals surface area (Å²) in [6.07, 6.45) is -0.0682. The average molecular weight is 661 g/mol. The first-order chi connectivity index (χ1) is 14.5. The van der Waals surface area contributed by atoms with Crippen LogP contribution in [0.2, 0.25) is 0 Å². The quantitative estimate of drug-likeness (QED) is 0.121. The Labute approximate surface area is 196 Å². The van der Waals surface area contributed by atoms with Crippen LogP contribution in [0.3, 0.4) is 0 Å². The molecule has 172 valence electrons. The fourth-order valence-electron chi connectivity index (χ4n) is 4.27. The molecule has 2 heterocycles. The van der Waals surface area contributed by atoms with E-state index in [-0.39, 0.29) is 5.41 Å². The van der Waals surface area contributed by atoms with Crippen LogP contribution in [-0.2, 0) is 4.79 Å². The third-order valence-corrected chi connectivity index (χ3v) is 16.5. The summed E-state index contributed by atoms with van der Waals surface area (Å²) in [5, 5.41) is 0. The van der Waals surface area contributed by atoms with Crippen LogP contribution < -0.4 is 0 Å². The molecule has 1 saturated heterocycles. The zero-order chi connectivity index (χ0) is 22.9. The Morgan fingerprint density at radius 1 is 1.29 bits per heavy atom. The van der Waals surface area contributed by atoms with Crippen LogP contribution in [0.1, 0.15) is 37.8 Å². The van der Waals surface area contributed by atoms with Crippen molar-refractivity contribution >= 4 is 55.2 Å². The van der Waals surface area contributed by atoms with E-state index in [0.29, 0.717) is 6.04 Å². The summed E-state index contributed by atoms with van der Waals surface area (Å²) >= 11 is -5.03. The molecule has 0 saturated carbocycles. The van der Waals surface area contributed by atoms with E-state index in [1.807, 2.05) is 6.07 Å². The molecular formula is C23H30F3I2N2O+. The zero-order valence-corrected chi connectivity index (χ0v) is 22.4. The van der Waals surface area contributed by atoms with E-state index in [9.17, 15) is 18.0 Å². The fourth-order valence-corrected chi connectivity index (χ4v) is 15.1. The molecule has 1 unspecified atom stereocenters. The number of rotatable bonds is 5. The van der Waals surface area contributed by atoms with Crippen molar-refractivity contribution in [3.8, 4) is 0 Å². The van der Waals surface area contributed by atoms with Crippen LogP contribution in [0.15, 0.2) is 45.1 Å². The number of carbonyl (C=O) groups is 1. The first-order valence-corrected chi connectivity index (χ1v) is 17.8. The first kappa shape index (κ1) is 24.9. The fraction of sp³-hybridized carbons (Fsp3) is 0.478. The van der Waals surface area contributed by atoms with Gasteiger partial charge in [0, 0.05) is 0 Å². The van der Waals surface area contributed by atoms with E-state index in [2.05, 4.69) is 54.8 Å². The maximum atomic E-state index is 13.1. The van der Waals surface area contributed by atoms with Gasteiger partial charge in [-0.25, -0.2) is 0 Å². The summed E-state index contributed by atoms with van der Waals surface area (Å²) in [5.41, 5.74) is 1.35. The van der Waals surface area contributed by atoms with Crippen molar-refractivity contribution in [1.82, 2.24) is 0 Å². The Morgan fingerprint density at radius 2 is 1.97 bits per heavy atom. The van der Waals surface area contributed by atoms with E-state index in [0.717, 1.165) is 42.6 Å². The van der Waals surface area contributed by atoms with Gasteiger partial charge >= 0.3 is 197 Å². The van der Waals surface area contributed by atoms with Gasteiger partial charge in [0.15, 0.2) is 0 Å². The summed E-state index contributed by atoms with van der Waals surface area (Å²) in [6, 6.07) is 11.0. The SMILES string of the molecule is C=I1=CC(I(C=O)C[C@]2(C)CCC(c3ccccc3)[N+](C)(C)CC2)=CN=C1C(F)(F)F. The number of benzene rings is 1. The molecular weight excluding hydrogens is 631 g/mol. The summed E-state index contributed by atoms with van der Waals surface area (Å²) in [4.78, 5) is 15.8. The molecule has 31 heavy (non-hydrogen) atoms. The molecule has 0 aliphatic carbocycles. The second-order valence-corrected chi connectivity index (χ2v) is 17.8. The van der Waals surface area contributed by atoms with E-state index in [1.165, 1.54) is 11.8 Å². The topological polar surface area (TPSA) is 29.4 Å². The van der Waals surface area contributed by atoms with Gasteiger partial charge in [-0.1, -0.05) is 0 Å². The van der Waals surface area contributed by atoms with E-state index in [1.54, 1.807) is 4.01 Å². The van der Waals surface area contributed by atoms with Gasteiger partial charge in [0.1, 0.15) is 0 Å². The predicted molar refractivity (Wildman–Crippen MR) is 143 cm³/mol. The number of likely N-dealkylation sites (tertiary alicyclic amines) is 1. The van der Waals surface area contributed by atoms with Crippen LogP contribution >= 0.6 is 38.7 Å². The maximum absolute atomic E-state index is 13.1. The number of allylic oxidation sites excluding steroid dienone is 1. The third-order valence-electron chi connectivity index (χ3n) is 6.20. The average Bonchev–Trinajstić information content (AvgIpc) is 2.82. The van der Waals surface area contributed by atoms with Gasteiger partial charge in [-0.15, -0.1) is 0 Å². The number of alkyl halides is 4. The Morgan fingerprint density at radius 3 is 2.55 bits per heavy atom. The van der Waals surface area contributed by atoms with Crippen LogP contribution in [0, 0.1) is 5.41 Å². The summed E-state index contributed by atoms with van der Waals surface area (Å²) in [7, 11) is 4.54. The Kier molecular flexibility index (Phi) is 7.73. The molecule has 0 N–H and O–H groups in total. The summed E-state index contributed by atoms with van der Waals surface area (Å²) < 4.78 is 47.5. The molecule has 3 nitrogen and oxygen atoms in total. The monoisotopic (exact) mass is 661 g/mol. The van der Waals surface area contributed by atoms with Crippen molar-refractivity contribution in [2.45, 2.75) is 38.4 Å². The number of quaternary nitrogens is 1. The van der Waals surface area contributed by atoms with Gasteiger partial charge in [0.05, 0.1) is 0 Å². The van der Waals surface area contributed by atoms with Crippen molar-refractivity contribution in [2.75, 3.05) is 25.1 Å². The van der Waals surface area contributed by atoms with Gasteiger partial charge in [-0.05, 0) is 0 Å². The summed E-state index contributed by atoms with van der Waals surface area (Å²) in [6.45, 7) is 3.26. The van der Waals surface area contributed by atoms with Crippen molar-refractivity contribution < 1.29 is 22.4 Å². The number of nitrogens with zero attached hydrogens (tertiary/aromatic N) is 2. The Bertz CT molecular complexity index is 963. The van der Waals surface area contributed by atoms with Crippen LogP contribution in [-0.4, -0.2) is 52.3 Å². The Hall–Kier alpha value is -0.750. The molecule has 0 amide bonds. The summed E-state index contributed by atoms with van der Waals surface area (Å²) in [5.74, 6) is 0. The molecule has 2 aliphatic heterocycles. The molecule has 2 atom stereocenters. The van der Waals surface area contributed by atoms with Gasteiger partial charge in [0.25, 0.3) is 0 Å². The van der Waals surface area contributed by atoms with Gasteiger partial charge in [-0.3, -0.25) is 0 Å². The first-order valence-electron chi connectivity index (χ1n) is 10.1.